The second-order valence-electron chi connectivity index (χ2n) is 2.17. The Hall–Kier alpha value is -0.680. The molecule has 0 spiro atoms. The molecule has 0 aliphatic rings. The van der Waals surface area contributed by atoms with Crippen molar-refractivity contribution in [2.45, 2.75) is 6.42 Å². The molecule has 0 bridgehead atoms. The highest BCUT2D eigenvalue weighted by molar-refractivity contribution is 8.13. The molecular weight excluding hydrogens is 192 g/mol. The molecule has 1 heterocycles. The summed E-state index contributed by atoms with van der Waals surface area (Å²) in [7, 11) is 0. The van der Waals surface area contributed by atoms with Gasteiger partial charge in [0.25, 0.3) is 0 Å². The fourth-order valence-electron chi connectivity index (χ4n) is 0.692. The first-order valence-corrected chi connectivity index (χ1v) is 4.97. The van der Waals surface area contributed by atoms with Gasteiger partial charge < -0.3 is 0 Å². The summed E-state index contributed by atoms with van der Waals surface area (Å²) in [5.74, 6) is 0. The fraction of sp³-hybridized carbons (Fsp3) is 0.286. The van der Waals surface area contributed by atoms with Crippen molar-refractivity contribution in [3.8, 4) is 0 Å². The van der Waals surface area contributed by atoms with Crippen molar-refractivity contribution in [3.63, 3.8) is 0 Å². The molecule has 0 fully saturated rings. The number of rotatable bonds is 2. The van der Waals surface area contributed by atoms with Crippen molar-refractivity contribution in [2.24, 2.45) is 0 Å². The maximum Gasteiger partial charge on any atom is 0.194 e. The van der Waals surface area contributed by atoms with E-state index in [4.69, 9.17) is 12.2 Å². The number of H-pyrrole nitrogens is 1. The van der Waals surface area contributed by atoms with E-state index in [0.29, 0.717) is 11.1 Å². The zero-order valence-electron chi connectivity index (χ0n) is 6.53. The van der Waals surface area contributed by atoms with Gasteiger partial charge >= 0.3 is 0 Å². The lowest BCUT2D eigenvalue weighted by molar-refractivity contribution is -0.110. The van der Waals surface area contributed by atoms with E-state index >= 15 is 0 Å². The van der Waals surface area contributed by atoms with Gasteiger partial charge in [-0.15, -0.1) is 0 Å². The van der Waals surface area contributed by atoms with E-state index in [1.54, 1.807) is 18.4 Å². The van der Waals surface area contributed by atoms with Crippen LogP contribution >= 0.6 is 24.0 Å². The zero-order chi connectivity index (χ0) is 8.97. The van der Waals surface area contributed by atoms with Gasteiger partial charge in [0.05, 0.1) is 12.1 Å². The molecule has 12 heavy (non-hydrogen) atoms. The zero-order valence-corrected chi connectivity index (χ0v) is 8.17. The lowest BCUT2D eigenvalue weighted by atomic mass is 10.3. The SMILES string of the molecule is CSC(=O)Cc1ccc(=S)[nH]n1. The van der Waals surface area contributed by atoms with Crippen LogP contribution in [0.4, 0.5) is 0 Å². The average Bonchev–Trinajstić information content (AvgIpc) is 2.09. The molecule has 0 unspecified atom stereocenters. The number of nitrogens with zero attached hydrogens (tertiary/aromatic N) is 1. The molecule has 0 atom stereocenters. The summed E-state index contributed by atoms with van der Waals surface area (Å²) in [6, 6.07) is 3.48. The van der Waals surface area contributed by atoms with Gasteiger partial charge in [0.1, 0.15) is 4.64 Å². The molecule has 0 aromatic carbocycles. The minimum absolute atomic E-state index is 0.105. The molecule has 0 saturated heterocycles. The number of aromatic nitrogens is 2. The summed E-state index contributed by atoms with van der Waals surface area (Å²) in [6.45, 7) is 0. The first-order chi connectivity index (χ1) is 5.72. The van der Waals surface area contributed by atoms with Crippen LogP contribution in [0.25, 0.3) is 0 Å². The summed E-state index contributed by atoms with van der Waals surface area (Å²) in [4.78, 5) is 10.9. The predicted molar refractivity (Wildman–Crippen MR) is 51.6 cm³/mol. The number of hydrogen-bond donors (Lipinski definition) is 1. The monoisotopic (exact) mass is 200 g/mol. The number of carbonyl (C=O) groups is 1. The van der Waals surface area contributed by atoms with Crippen LogP contribution in [-0.4, -0.2) is 21.6 Å². The van der Waals surface area contributed by atoms with E-state index in [0.717, 1.165) is 5.69 Å². The molecule has 0 radical (unpaired) electrons. The summed E-state index contributed by atoms with van der Waals surface area (Å²) >= 11 is 6.01. The van der Waals surface area contributed by atoms with E-state index in [-0.39, 0.29) is 5.12 Å². The van der Waals surface area contributed by atoms with Gasteiger partial charge in [-0.2, -0.15) is 5.10 Å². The van der Waals surface area contributed by atoms with Crippen LogP contribution in [0.5, 0.6) is 0 Å². The second kappa shape index (κ2) is 4.37. The second-order valence-corrected chi connectivity index (χ2v) is 3.47. The predicted octanol–water partition coefficient (Wildman–Crippen LogP) is 1.57. The van der Waals surface area contributed by atoms with Crippen molar-refractivity contribution >= 4 is 29.1 Å². The Kier molecular flexibility index (Phi) is 3.43. The third-order valence-corrected chi connectivity index (χ3v) is 2.12. The van der Waals surface area contributed by atoms with Crippen LogP contribution < -0.4 is 0 Å². The number of carbonyl (C=O) groups excluding carboxylic acids is 1. The quantitative estimate of drug-likeness (QED) is 0.736. The molecule has 0 saturated carbocycles. The van der Waals surface area contributed by atoms with Gasteiger partial charge in [-0.1, -0.05) is 24.0 Å². The largest absolute Gasteiger partial charge is 0.287 e. The van der Waals surface area contributed by atoms with Crippen molar-refractivity contribution in [3.05, 3.63) is 22.5 Å². The lowest BCUT2D eigenvalue weighted by Gasteiger charge is -1.95. The Morgan fingerprint density at radius 1 is 1.75 bits per heavy atom. The fourth-order valence-corrected chi connectivity index (χ4v) is 1.10. The van der Waals surface area contributed by atoms with Gasteiger partial charge in [0.15, 0.2) is 5.12 Å². The van der Waals surface area contributed by atoms with Crippen LogP contribution in [0.3, 0.4) is 0 Å². The molecule has 0 amide bonds. The summed E-state index contributed by atoms with van der Waals surface area (Å²) in [6.07, 6.45) is 2.11. The van der Waals surface area contributed by atoms with Gasteiger partial charge in [0.2, 0.25) is 0 Å². The summed E-state index contributed by atoms with van der Waals surface area (Å²) < 4.78 is 0.579. The van der Waals surface area contributed by atoms with E-state index in [1.807, 2.05) is 0 Å². The Labute approximate surface area is 79.6 Å². The van der Waals surface area contributed by atoms with Gasteiger partial charge in [-0.3, -0.25) is 9.89 Å². The molecule has 1 N–H and O–H groups in total. The molecule has 5 heteroatoms. The summed E-state index contributed by atoms with van der Waals surface area (Å²) in [5, 5.41) is 6.64. The number of aromatic amines is 1. The van der Waals surface area contributed by atoms with Gasteiger partial charge in [-0.25, -0.2) is 0 Å². The number of hydrogen-bond acceptors (Lipinski definition) is 4. The third-order valence-electron chi connectivity index (χ3n) is 1.29. The van der Waals surface area contributed by atoms with Crippen LogP contribution in [0.15, 0.2) is 12.1 Å². The molecule has 1 rings (SSSR count). The minimum atomic E-state index is 0.105. The Bertz CT molecular complexity index is 314. The molecule has 0 aliphatic carbocycles. The van der Waals surface area contributed by atoms with Crippen LogP contribution in [-0.2, 0) is 11.2 Å². The highest BCUT2D eigenvalue weighted by atomic mass is 32.2. The first-order valence-electron chi connectivity index (χ1n) is 3.34. The van der Waals surface area contributed by atoms with Gasteiger partial charge in [-0.05, 0) is 18.4 Å². The minimum Gasteiger partial charge on any atom is -0.287 e. The standard InChI is InChI=1S/C7H8N2OS2/c1-12-7(10)4-5-2-3-6(11)9-8-5/h2-3H,4H2,1H3,(H,9,11). The molecule has 1 aromatic heterocycles. The highest BCUT2D eigenvalue weighted by Gasteiger charge is 2.01. The number of thioether (sulfide) groups is 1. The first kappa shape index (κ1) is 9.41. The van der Waals surface area contributed by atoms with E-state index in [9.17, 15) is 4.79 Å². The highest BCUT2D eigenvalue weighted by Crippen LogP contribution is 2.02. The molecule has 1 aromatic rings. The Morgan fingerprint density at radius 3 is 3.00 bits per heavy atom. The van der Waals surface area contributed by atoms with Gasteiger partial charge in [0, 0.05) is 0 Å². The maximum absolute atomic E-state index is 10.9. The number of nitrogens with one attached hydrogen (secondary N) is 1. The Balaban J connectivity index is 2.71. The average molecular weight is 200 g/mol. The van der Waals surface area contributed by atoms with Crippen molar-refractivity contribution < 1.29 is 4.79 Å². The van der Waals surface area contributed by atoms with Crippen molar-refractivity contribution in [1.82, 2.24) is 10.2 Å². The lowest BCUT2D eigenvalue weighted by Crippen LogP contribution is -2.00. The smallest absolute Gasteiger partial charge is 0.194 e. The topological polar surface area (TPSA) is 45.8 Å². The van der Waals surface area contributed by atoms with E-state index in [1.165, 1.54) is 11.8 Å². The molecule has 0 aliphatic heterocycles. The van der Waals surface area contributed by atoms with Crippen molar-refractivity contribution in [2.75, 3.05) is 6.26 Å². The van der Waals surface area contributed by atoms with Crippen LogP contribution in [0, 0.1) is 4.64 Å². The third kappa shape index (κ3) is 2.75. The summed E-state index contributed by atoms with van der Waals surface area (Å²) in [5.41, 5.74) is 0.725. The van der Waals surface area contributed by atoms with Crippen molar-refractivity contribution in [1.29, 1.82) is 0 Å². The normalized spacial score (nSPS) is 9.75. The van der Waals surface area contributed by atoms with E-state index in [2.05, 4.69) is 10.2 Å². The maximum atomic E-state index is 10.9. The molecule has 64 valence electrons. The molecule has 3 nitrogen and oxygen atoms in total. The molecular formula is C7H8N2OS2. The van der Waals surface area contributed by atoms with E-state index < -0.39 is 0 Å². The van der Waals surface area contributed by atoms with Crippen LogP contribution in [0.2, 0.25) is 0 Å². The van der Waals surface area contributed by atoms with Crippen LogP contribution in [0.1, 0.15) is 5.69 Å². The Morgan fingerprint density at radius 2 is 2.50 bits per heavy atom.